The van der Waals surface area contributed by atoms with E-state index in [0.29, 0.717) is 24.4 Å². The average molecular weight is 549 g/mol. The van der Waals surface area contributed by atoms with E-state index in [2.05, 4.69) is 59.0 Å². The normalized spacial score (nSPS) is 13.3. The van der Waals surface area contributed by atoms with E-state index in [1.165, 1.54) is 0 Å². The summed E-state index contributed by atoms with van der Waals surface area (Å²) in [5.41, 5.74) is 0.859. The summed E-state index contributed by atoms with van der Waals surface area (Å²) >= 11 is 0. The Kier molecular flexibility index (Phi) is 14.9. The van der Waals surface area contributed by atoms with Gasteiger partial charge in [-0.1, -0.05) is 26.0 Å². The van der Waals surface area contributed by atoms with E-state index in [-0.39, 0.29) is 11.9 Å². The van der Waals surface area contributed by atoms with Crippen molar-refractivity contribution in [2.75, 3.05) is 13.2 Å². The molecular weight excluding hydrogens is 501 g/mol. The maximum atomic E-state index is 11.5. The Morgan fingerprint density at radius 3 is 1.53 bits per heavy atom. The summed E-state index contributed by atoms with van der Waals surface area (Å²) in [6, 6.07) is 1.99. The van der Waals surface area contributed by atoms with Crippen LogP contribution in [0.2, 0.25) is 57.9 Å². The van der Waals surface area contributed by atoms with Crippen molar-refractivity contribution in [1.29, 1.82) is 0 Å². The van der Waals surface area contributed by atoms with Gasteiger partial charge in [0.25, 0.3) is 9.28 Å². The summed E-state index contributed by atoms with van der Waals surface area (Å²) in [7, 11) is -7.91. The molecule has 0 heterocycles. The molecule has 0 radical (unpaired) electrons. The van der Waals surface area contributed by atoms with Gasteiger partial charge in [0.05, 0.1) is 13.2 Å². The van der Waals surface area contributed by atoms with Crippen molar-refractivity contribution in [3.8, 4) is 0 Å². The molecule has 0 aromatic rings. The van der Waals surface area contributed by atoms with Crippen molar-refractivity contribution in [3.63, 3.8) is 0 Å². The van der Waals surface area contributed by atoms with Gasteiger partial charge in [-0.3, -0.25) is 0 Å². The van der Waals surface area contributed by atoms with Crippen molar-refractivity contribution in [3.05, 3.63) is 24.3 Å². The molecule has 0 aromatic heterocycles. The number of unbranched alkanes of at least 4 members (excludes halogenated alkanes) is 2. The van der Waals surface area contributed by atoms with Crippen LogP contribution in [0.15, 0.2) is 24.3 Å². The first-order valence-electron chi connectivity index (χ1n) is 12.2. The minimum atomic E-state index is -2.31. The van der Waals surface area contributed by atoms with Gasteiger partial charge >= 0.3 is 20.5 Å². The van der Waals surface area contributed by atoms with Crippen molar-refractivity contribution in [1.82, 2.24) is 0 Å². The molecule has 0 saturated carbocycles. The average Bonchev–Trinajstić information content (AvgIpc) is 2.64. The van der Waals surface area contributed by atoms with Crippen LogP contribution in [0, 0.1) is 0 Å². The van der Waals surface area contributed by atoms with E-state index in [4.69, 9.17) is 21.8 Å². The van der Waals surface area contributed by atoms with E-state index < -0.39 is 34.5 Å². The lowest BCUT2D eigenvalue weighted by atomic mass is 10.3. The Balaban J connectivity index is 4.36. The third-order valence-electron chi connectivity index (χ3n) is 4.97. The Morgan fingerprint density at radius 2 is 1.12 bits per heavy atom. The Labute approximate surface area is 212 Å². The van der Waals surface area contributed by atoms with Gasteiger partial charge in [0.2, 0.25) is 0 Å². The number of rotatable bonds is 18. The van der Waals surface area contributed by atoms with Gasteiger partial charge in [-0.15, -0.1) is 0 Å². The zero-order valence-electron chi connectivity index (χ0n) is 23.0. The molecule has 34 heavy (non-hydrogen) atoms. The van der Waals surface area contributed by atoms with Crippen LogP contribution in [0.1, 0.15) is 39.5 Å². The summed E-state index contributed by atoms with van der Waals surface area (Å²) < 4.78 is 29.8. The number of hydrogen-bond donors (Lipinski definition) is 0. The Hall–Kier alpha value is -0.832. The van der Waals surface area contributed by atoms with Crippen LogP contribution < -0.4 is 0 Å². The standard InChI is InChI=1S/C23H48O7Si4/c1-20(2)22(24)26-16-12-14-18-32(6,7)28-31(5)29-34(10,11)30-33(8,9)19-15-13-17-27-23(25)21(3)4/h31H,1,3,12-19H2,2,4-11H3. The highest BCUT2D eigenvalue weighted by atomic mass is 28.5. The van der Waals surface area contributed by atoms with Crippen LogP contribution in [0.25, 0.3) is 0 Å². The van der Waals surface area contributed by atoms with Crippen LogP contribution in [-0.2, 0) is 31.4 Å². The molecule has 1 unspecified atom stereocenters. The predicted molar refractivity (Wildman–Crippen MR) is 148 cm³/mol. The topological polar surface area (TPSA) is 80.3 Å². The maximum absolute atomic E-state index is 11.5. The Morgan fingerprint density at radius 1 is 0.706 bits per heavy atom. The number of ether oxygens (including phenoxy) is 2. The zero-order valence-corrected chi connectivity index (χ0v) is 27.2. The summed E-state index contributed by atoms with van der Waals surface area (Å²) in [4.78, 5) is 22.9. The second-order valence-corrected chi connectivity index (χ2v) is 25.2. The van der Waals surface area contributed by atoms with Crippen LogP contribution in [-0.4, -0.2) is 59.6 Å². The molecule has 0 aliphatic rings. The number of hydrogen-bond acceptors (Lipinski definition) is 7. The van der Waals surface area contributed by atoms with E-state index >= 15 is 0 Å². The molecule has 0 bridgehead atoms. The van der Waals surface area contributed by atoms with Gasteiger partial charge in [0.15, 0.2) is 16.6 Å². The van der Waals surface area contributed by atoms with Gasteiger partial charge in [-0.05, 0) is 84.6 Å². The smallest absolute Gasteiger partial charge is 0.333 e. The molecule has 0 fully saturated rings. The van der Waals surface area contributed by atoms with Crippen LogP contribution in [0.3, 0.4) is 0 Å². The number of esters is 2. The highest BCUT2D eigenvalue weighted by Crippen LogP contribution is 2.24. The highest BCUT2D eigenvalue weighted by molar-refractivity contribution is 6.85. The third kappa shape index (κ3) is 16.7. The lowest BCUT2D eigenvalue weighted by Gasteiger charge is -2.37. The first-order chi connectivity index (χ1) is 15.5. The summed E-state index contributed by atoms with van der Waals surface area (Å²) in [5.74, 6) is -0.654. The number of carbonyl (C=O) groups is 2. The molecule has 7 nitrogen and oxygen atoms in total. The first-order valence-corrected chi connectivity index (χ1v) is 23.3. The zero-order chi connectivity index (χ0) is 26.6. The van der Waals surface area contributed by atoms with Crippen molar-refractivity contribution < 1.29 is 31.4 Å². The minimum absolute atomic E-state index is 0.327. The highest BCUT2D eigenvalue weighted by Gasteiger charge is 2.37. The maximum Gasteiger partial charge on any atom is 0.333 e. The minimum Gasteiger partial charge on any atom is -0.462 e. The fourth-order valence-corrected chi connectivity index (χ4v) is 20.0. The molecule has 0 amide bonds. The fourth-order valence-electron chi connectivity index (χ4n) is 3.55. The van der Waals surface area contributed by atoms with Gasteiger partial charge in [0, 0.05) is 11.1 Å². The van der Waals surface area contributed by atoms with Gasteiger partial charge in [-0.2, -0.15) is 0 Å². The predicted octanol–water partition coefficient (Wildman–Crippen LogP) is 5.80. The van der Waals surface area contributed by atoms with Crippen LogP contribution in [0.5, 0.6) is 0 Å². The quantitative estimate of drug-likeness (QED) is 0.0927. The molecule has 0 rings (SSSR count). The summed E-state index contributed by atoms with van der Waals surface area (Å²) in [6.45, 7) is 26.5. The second kappa shape index (κ2) is 15.3. The fraction of sp³-hybridized carbons (Fsp3) is 0.739. The van der Waals surface area contributed by atoms with E-state index in [9.17, 15) is 9.59 Å². The molecule has 0 saturated heterocycles. The molecule has 198 valence electrons. The van der Waals surface area contributed by atoms with E-state index in [1.54, 1.807) is 13.8 Å². The van der Waals surface area contributed by atoms with Crippen molar-refractivity contribution >= 4 is 46.4 Å². The van der Waals surface area contributed by atoms with Crippen molar-refractivity contribution in [2.24, 2.45) is 0 Å². The van der Waals surface area contributed by atoms with Gasteiger partial charge in [0.1, 0.15) is 0 Å². The van der Waals surface area contributed by atoms with Crippen LogP contribution in [0.4, 0.5) is 0 Å². The lowest BCUT2D eigenvalue weighted by molar-refractivity contribution is -0.139. The van der Waals surface area contributed by atoms with E-state index in [1.807, 2.05) is 0 Å². The lowest BCUT2D eigenvalue weighted by Crippen LogP contribution is -2.51. The molecule has 11 heteroatoms. The van der Waals surface area contributed by atoms with Crippen molar-refractivity contribution in [2.45, 2.75) is 97.4 Å². The second-order valence-electron chi connectivity index (χ2n) is 10.6. The van der Waals surface area contributed by atoms with Crippen LogP contribution >= 0.6 is 0 Å². The van der Waals surface area contributed by atoms with Gasteiger partial charge < -0.3 is 21.8 Å². The molecule has 1 atom stereocenters. The third-order valence-corrected chi connectivity index (χ3v) is 19.7. The molecule has 0 aliphatic carbocycles. The molecule has 0 spiro atoms. The summed E-state index contributed by atoms with van der Waals surface area (Å²) in [6.07, 6.45) is 3.56. The first kappa shape index (κ1) is 33.2. The monoisotopic (exact) mass is 548 g/mol. The van der Waals surface area contributed by atoms with Gasteiger partial charge in [-0.25, -0.2) is 9.59 Å². The molecular formula is C23H48O7Si4. The summed E-state index contributed by atoms with van der Waals surface area (Å²) in [5, 5.41) is 0. The van der Waals surface area contributed by atoms with E-state index in [0.717, 1.165) is 37.8 Å². The molecule has 0 aliphatic heterocycles. The largest absolute Gasteiger partial charge is 0.462 e. The molecule has 0 N–H and O–H groups in total. The SMILES string of the molecule is C=C(C)C(=O)OCCCC[Si](C)(C)O[SiH](C)O[Si](C)(C)O[Si](C)(C)CCCCOC(=O)C(=C)C. The number of carbonyl (C=O) groups excluding carboxylic acids is 2. The Bertz CT molecular complexity index is 693. The molecule has 0 aromatic carbocycles.